The second-order valence-electron chi connectivity index (χ2n) is 7.87. The molecule has 138 valence electrons. The van der Waals surface area contributed by atoms with E-state index in [2.05, 4.69) is 42.2 Å². The maximum absolute atomic E-state index is 13.0. The van der Waals surface area contributed by atoms with Crippen molar-refractivity contribution in [3.8, 4) is 0 Å². The van der Waals surface area contributed by atoms with Crippen LogP contribution in [0, 0.1) is 30.6 Å². The van der Waals surface area contributed by atoms with Gasteiger partial charge < -0.3 is 10.0 Å². The number of carbonyl (C=O) groups excluding carboxylic acids is 1. The second kappa shape index (κ2) is 6.88. The van der Waals surface area contributed by atoms with Crippen molar-refractivity contribution in [2.75, 3.05) is 26.2 Å². The van der Waals surface area contributed by atoms with E-state index < -0.39 is 11.9 Å². The number of carboxylic acid groups (broad SMARTS) is 1. The summed E-state index contributed by atoms with van der Waals surface area (Å²) in [6, 6.07) is 8.41. The first kappa shape index (κ1) is 17.3. The molecule has 1 saturated heterocycles. The Morgan fingerprint density at radius 3 is 2.35 bits per heavy atom. The lowest BCUT2D eigenvalue weighted by Gasteiger charge is -2.38. The molecule has 1 amide bonds. The number of carbonyl (C=O) groups is 2. The number of amides is 1. The zero-order valence-electron chi connectivity index (χ0n) is 15.2. The zero-order valence-corrected chi connectivity index (χ0v) is 15.2. The molecule has 5 heteroatoms. The van der Waals surface area contributed by atoms with Gasteiger partial charge in [-0.05, 0) is 36.3 Å². The molecule has 0 spiro atoms. The number of carboxylic acids is 1. The van der Waals surface area contributed by atoms with Crippen LogP contribution in [-0.2, 0) is 16.1 Å². The summed E-state index contributed by atoms with van der Waals surface area (Å²) >= 11 is 0. The number of allylic oxidation sites excluding steroid dienone is 2. The maximum atomic E-state index is 13.0. The van der Waals surface area contributed by atoms with Crippen molar-refractivity contribution in [2.24, 2.45) is 23.7 Å². The van der Waals surface area contributed by atoms with E-state index in [0.29, 0.717) is 13.1 Å². The summed E-state index contributed by atoms with van der Waals surface area (Å²) in [4.78, 5) is 29.0. The number of piperazine rings is 1. The molecule has 2 fully saturated rings. The molecule has 1 aliphatic heterocycles. The van der Waals surface area contributed by atoms with Gasteiger partial charge in [-0.2, -0.15) is 0 Å². The highest BCUT2D eigenvalue weighted by Gasteiger charge is 2.52. The van der Waals surface area contributed by atoms with Gasteiger partial charge in [0.1, 0.15) is 0 Å². The minimum absolute atomic E-state index is 0.0359. The Labute approximate surface area is 154 Å². The highest BCUT2D eigenvalue weighted by molar-refractivity contribution is 5.87. The molecule has 4 atom stereocenters. The molecule has 3 aliphatic rings. The van der Waals surface area contributed by atoms with Crippen molar-refractivity contribution in [1.82, 2.24) is 9.80 Å². The third-order valence-corrected chi connectivity index (χ3v) is 6.37. The van der Waals surface area contributed by atoms with Crippen molar-refractivity contribution in [3.05, 3.63) is 47.5 Å². The number of aliphatic carboxylic acids is 1. The average molecular weight is 354 g/mol. The van der Waals surface area contributed by atoms with Crippen LogP contribution in [0.5, 0.6) is 0 Å². The van der Waals surface area contributed by atoms with Crippen LogP contribution in [-0.4, -0.2) is 53.0 Å². The molecule has 5 nitrogen and oxygen atoms in total. The summed E-state index contributed by atoms with van der Waals surface area (Å²) in [5.74, 6) is -1.54. The molecule has 26 heavy (non-hydrogen) atoms. The Morgan fingerprint density at radius 2 is 1.69 bits per heavy atom. The molecule has 4 rings (SSSR count). The molecule has 1 saturated carbocycles. The van der Waals surface area contributed by atoms with Gasteiger partial charge in [-0.15, -0.1) is 0 Å². The number of hydrogen-bond acceptors (Lipinski definition) is 3. The summed E-state index contributed by atoms with van der Waals surface area (Å²) in [6.07, 6.45) is 4.87. The molecule has 1 aromatic rings. The fourth-order valence-corrected chi connectivity index (χ4v) is 4.86. The molecular weight excluding hydrogens is 328 g/mol. The van der Waals surface area contributed by atoms with E-state index in [9.17, 15) is 14.7 Å². The predicted octanol–water partition coefficient (Wildman–Crippen LogP) is 2.16. The van der Waals surface area contributed by atoms with Gasteiger partial charge in [0.15, 0.2) is 0 Å². The topological polar surface area (TPSA) is 60.9 Å². The van der Waals surface area contributed by atoms with Gasteiger partial charge in [-0.1, -0.05) is 36.4 Å². The van der Waals surface area contributed by atoms with Crippen LogP contribution < -0.4 is 0 Å². The summed E-state index contributed by atoms with van der Waals surface area (Å²) in [5.41, 5.74) is 2.63. The Balaban J connectivity index is 1.37. The normalized spacial score (nSPS) is 30.7. The van der Waals surface area contributed by atoms with Crippen LogP contribution >= 0.6 is 0 Å². The summed E-state index contributed by atoms with van der Waals surface area (Å²) < 4.78 is 0. The number of aryl methyl sites for hydroxylation is 1. The zero-order chi connectivity index (χ0) is 18.3. The maximum Gasteiger partial charge on any atom is 0.307 e. The first-order valence-corrected chi connectivity index (χ1v) is 9.51. The molecule has 2 aliphatic carbocycles. The standard InChI is InChI=1S/C21H26N2O3/c1-14-4-2-3-5-17(14)13-22-8-10-23(11-9-22)20(24)18-15-6-7-16(12-15)19(18)21(25)26/h2-7,15-16,18-19H,8-13H2,1H3,(H,25,26)/t15-,16-,18+,19+/m0/s1. The Kier molecular flexibility index (Phi) is 4.57. The first-order valence-electron chi connectivity index (χ1n) is 9.51. The van der Waals surface area contributed by atoms with E-state index in [1.54, 1.807) is 0 Å². The number of fused-ring (bicyclic) bond motifs is 2. The lowest BCUT2D eigenvalue weighted by Crippen LogP contribution is -2.52. The fraction of sp³-hybridized carbons (Fsp3) is 0.524. The first-order chi connectivity index (χ1) is 12.5. The summed E-state index contributed by atoms with van der Waals surface area (Å²) in [7, 11) is 0. The van der Waals surface area contributed by atoms with Gasteiger partial charge >= 0.3 is 5.97 Å². The van der Waals surface area contributed by atoms with Crippen molar-refractivity contribution >= 4 is 11.9 Å². The molecule has 1 aromatic carbocycles. The van der Waals surface area contributed by atoms with Gasteiger partial charge in [0, 0.05) is 32.7 Å². The Hall–Kier alpha value is -2.14. The summed E-state index contributed by atoms with van der Waals surface area (Å²) in [5, 5.41) is 9.57. The van der Waals surface area contributed by atoms with E-state index in [-0.39, 0.29) is 23.7 Å². The van der Waals surface area contributed by atoms with Gasteiger partial charge in [0.25, 0.3) is 0 Å². The van der Waals surface area contributed by atoms with Crippen molar-refractivity contribution in [3.63, 3.8) is 0 Å². The van der Waals surface area contributed by atoms with Crippen LogP contribution in [0.4, 0.5) is 0 Å². The molecule has 0 unspecified atom stereocenters. The van der Waals surface area contributed by atoms with Gasteiger partial charge in [-0.25, -0.2) is 0 Å². The summed E-state index contributed by atoms with van der Waals surface area (Å²) in [6.45, 7) is 6.10. The van der Waals surface area contributed by atoms with Crippen LogP contribution in [0.2, 0.25) is 0 Å². The van der Waals surface area contributed by atoms with E-state index >= 15 is 0 Å². The minimum Gasteiger partial charge on any atom is -0.481 e. The molecular formula is C21H26N2O3. The fourth-order valence-electron chi connectivity index (χ4n) is 4.86. The molecule has 0 aromatic heterocycles. The quantitative estimate of drug-likeness (QED) is 0.842. The molecule has 1 N–H and O–H groups in total. The Bertz CT molecular complexity index is 737. The van der Waals surface area contributed by atoms with E-state index in [1.807, 2.05) is 11.0 Å². The van der Waals surface area contributed by atoms with Gasteiger partial charge in [0.05, 0.1) is 11.8 Å². The SMILES string of the molecule is Cc1ccccc1CN1CCN(C(=O)[C@H]2[C@H](C(=O)O)[C@H]3C=C[C@H]2C3)CC1. The van der Waals surface area contributed by atoms with Crippen LogP contribution in [0.3, 0.4) is 0 Å². The lowest BCUT2D eigenvalue weighted by atomic mass is 9.82. The monoisotopic (exact) mass is 354 g/mol. The van der Waals surface area contributed by atoms with Crippen molar-refractivity contribution in [1.29, 1.82) is 0 Å². The van der Waals surface area contributed by atoms with Gasteiger partial charge in [0.2, 0.25) is 5.91 Å². The van der Waals surface area contributed by atoms with Gasteiger partial charge in [-0.3, -0.25) is 14.5 Å². The third kappa shape index (κ3) is 3.05. The minimum atomic E-state index is -0.821. The largest absolute Gasteiger partial charge is 0.481 e. The molecule has 1 heterocycles. The van der Waals surface area contributed by atoms with Crippen LogP contribution in [0.15, 0.2) is 36.4 Å². The number of benzene rings is 1. The highest BCUT2D eigenvalue weighted by Crippen LogP contribution is 2.48. The lowest BCUT2D eigenvalue weighted by molar-refractivity contribution is -0.151. The average Bonchev–Trinajstić information content (AvgIpc) is 3.25. The second-order valence-corrected chi connectivity index (χ2v) is 7.87. The number of rotatable bonds is 4. The van der Waals surface area contributed by atoms with Crippen molar-refractivity contribution < 1.29 is 14.7 Å². The predicted molar refractivity (Wildman–Crippen MR) is 98.4 cm³/mol. The Morgan fingerprint density at radius 1 is 1.04 bits per heavy atom. The molecule has 2 bridgehead atoms. The van der Waals surface area contributed by atoms with Crippen molar-refractivity contribution in [2.45, 2.75) is 19.9 Å². The highest BCUT2D eigenvalue weighted by atomic mass is 16.4. The van der Waals surface area contributed by atoms with Crippen LogP contribution in [0.25, 0.3) is 0 Å². The number of hydrogen-bond donors (Lipinski definition) is 1. The van der Waals surface area contributed by atoms with E-state index in [0.717, 1.165) is 26.1 Å². The molecule has 0 radical (unpaired) electrons. The van der Waals surface area contributed by atoms with E-state index in [4.69, 9.17) is 0 Å². The van der Waals surface area contributed by atoms with Crippen LogP contribution in [0.1, 0.15) is 17.5 Å². The van der Waals surface area contributed by atoms with E-state index in [1.165, 1.54) is 11.1 Å². The smallest absolute Gasteiger partial charge is 0.307 e. The third-order valence-electron chi connectivity index (χ3n) is 6.37. The number of nitrogens with zero attached hydrogens (tertiary/aromatic N) is 2.